The number of carbonyl (C=O) groups is 1. The number of nitrogens with two attached hydrogens (primary N) is 1. The van der Waals surface area contributed by atoms with Gasteiger partial charge in [-0.1, -0.05) is 0 Å². The molecule has 0 aromatic heterocycles. The number of fused-ring (bicyclic) bond motifs is 1. The van der Waals surface area contributed by atoms with Crippen LogP contribution in [-0.4, -0.2) is 13.1 Å². The second kappa shape index (κ2) is 3.16. The van der Waals surface area contributed by atoms with Crippen molar-refractivity contribution in [2.75, 3.05) is 17.7 Å². The molecule has 0 aliphatic carbocycles. The number of nitrogen functional groups attached to an aromatic ring is 1. The largest absolute Gasteiger partial charge is 0.444 e. The zero-order valence-corrected chi connectivity index (χ0v) is 9.17. The van der Waals surface area contributed by atoms with Crippen LogP contribution in [0.25, 0.3) is 0 Å². The van der Waals surface area contributed by atoms with Gasteiger partial charge in [0.1, 0.15) is 6.61 Å². The maximum absolute atomic E-state index is 11.2. The predicted molar refractivity (Wildman–Crippen MR) is 57.1 cm³/mol. The Morgan fingerprint density at radius 2 is 2.29 bits per heavy atom. The number of anilines is 2. The Morgan fingerprint density at radius 1 is 1.57 bits per heavy atom. The smallest absolute Gasteiger partial charge is 0.414 e. The Bertz CT molecular complexity index is 406. The molecule has 1 aromatic carbocycles. The van der Waals surface area contributed by atoms with Crippen LogP contribution in [0.1, 0.15) is 5.56 Å². The Balaban J connectivity index is 2.55. The highest BCUT2D eigenvalue weighted by molar-refractivity contribution is 9.10. The molecule has 4 nitrogen and oxygen atoms in total. The first kappa shape index (κ1) is 9.33. The van der Waals surface area contributed by atoms with E-state index in [2.05, 4.69) is 15.9 Å². The second-order valence-corrected chi connectivity index (χ2v) is 3.97. The van der Waals surface area contributed by atoms with Crippen LogP contribution in [0.3, 0.4) is 0 Å². The number of halogens is 1. The van der Waals surface area contributed by atoms with Gasteiger partial charge in [0.05, 0.1) is 5.69 Å². The highest BCUT2D eigenvalue weighted by Crippen LogP contribution is 2.32. The van der Waals surface area contributed by atoms with Gasteiger partial charge in [0, 0.05) is 22.8 Å². The molecular formula is C9H9BrN2O2. The number of benzene rings is 1. The van der Waals surface area contributed by atoms with E-state index < -0.39 is 0 Å². The maximum atomic E-state index is 11.2. The summed E-state index contributed by atoms with van der Waals surface area (Å²) < 4.78 is 5.76. The van der Waals surface area contributed by atoms with Crippen molar-refractivity contribution in [2.24, 2.45) is 0 Å². The standard InChI is InChI=1S/C9H9BrN2O2/c1-12-8-3-7(11)6(10)2-5(8)4-14-9(12)13/h2-3H,4,11H2,1H3. The van der Waals surface area contributed by atoms with Gasteiger partial charge in [-0.25, -0.2) is 4.79 Å². The number of hydrogen-bond donors (Lipinski definition) is 1. The van der Waals surface area contributed by atoms with E-state index in [9.17, 15) is 4.79 Å². The van der Waals surface area contributed by atoms with Crippen LogP contribution in [0.4, 0.5) is 16.2 Å². The van der Waals surface area contributed by atoms with Crippen LogP contribution < -0.4 is 10.6 Å². The first-order valence-electron chi connectivity index (χ1n) is 4.08. The number of ether oxygens (including phenoxy) is 1. The third-order valence-electron chi connectivity index (χ3n) is 2.18. The summed E-state index contributed by atoms with van der Waals surface area (Å²) in [4.78, 5) is 12.7. The van der Waals surface area contributed by atoms with E-state index in [1.165, 1.54) is 4.90 Å². The highest BCUT2D eigenvalue weighted by atomic mass is 79.9. The number of cyclic esters (lactones) is 1. The Labute approximate surface area is 89.8 Å². The molecule has 0 saturated carbocycles. The molecule has 5 heteroatoms. The summed E-state index contributed by atoms with van der Waals surface area (Å²) in [6, 6.07) is 3.63. The zero-order valence-electron chi connectivity index (χ0n) is 7.58. The van der Waals surface area contributed by atoms with Crippen molar-refractivity contribution in [2.45, 2.75) is 6.61 Å². The minimum atomic E-state index is -0.348. The van der Waals surface area contributed by atoms with Crippen molar-refractivity contribution in [1.29, 1.82) is 0 Å². The quantitative estimate of drug-likeness (QED) is 0.724. The van der Waals surface area contributed by atoms with Crippen molar-refractivity contribution >= 4 is 33.4 Å². The normalized spacial score (nSPS) is 15.0. The van der Waals surface area contributed by atoms with E-state index in [4.69, 9.17) is 10.5 Å². The van der Waals surface area contributed by atoms with Crippen LogP contribution in [0.2, 0.25) is 0 Å². The molecule has 0 bridgehead atoms. The summed E-state index contributed by atoms with van der Waals surface area (Å²) in [5.41, 5.74) is 8.10. The third-order valence-corrected chi connectivity index (χ3v) is 2.87. The van der Waals surface area contributed by atoms with E-state index in [-0.39, 0.29) is 6.09 Å². The molecule has 1 aliphatic heterocycles. The van der Waals surface area contributed by atoms with Gasteiger partial charge in [-0.3, -0.25) is 4.90 Å². The lowest BCUT2D eigenvalue weighted by Gasteiger charge is -2.26. The van der Waals surface area contributed by atoms with Gasteiger partial charge in [0.25, 0.3) is 0 Å². The molecule has 0 spiro atoms. The summed E-state index contributed by atoms with van der Waals surface area (Å²) in [5.74, 6) is 0. The van der Waals surface area contributed by atoms with Gasteiger partial charge < -0.3 is 10.5 Å². The Hall–Kier alpha value is -1.23. The molecule has 2 rings (SSSR count). The summed E-state index contributed by atoms with van der Waals surface area (Å²) in [6.45, 7) is 0.303. The summed E-state index contributed by atoms with van der Waals surface area (Å²) >= 11 is 3.33. The van der Waals surface area contributed by atoms with Crippen LogP contribution in [0.5, 0.6) is 0 Å². The molecule has 0 atom stereocenters. The third kappa shape index (κ3) is 1.33. The van der Waals surface area contributed by atoms with E-state index in [0.717, 1.165) is 15.7 Å². The summed E-state index contributed by atoms with van der Waals surface area (Å²) in [7, 11) is 1.66. The number of carbonyl (C=O) groups excluding carboxylic acids is 1. The average Bonchev–Trinajstić information content (AvgIpc) is 2.15. The molecule has 2 N–H and O–H groups in total. The molecule has 1 aliphatic rings. The lowest BCUT2D eigenvalue weighted by atomic mass is 10.1. The monoisotopic (exact) mass is 256 g/mol. The first-order valence-corrected chi connectivity index (χ1v) is 4.87. The molecule has 0 fully saturated rings. The lowest BCUT2D eigenvalue weighted by molar-refractivity contribution is 0.143. The van der Waals surface area contributed by atoms with Crippen LogP contribution in [0, 0.1) is 0 Å². The fourth-order valence-electron chi connectivity index (χ4n) is 1.38. The number of nitrogens with zero attached hydrogens (tertiary/aromatic N) is 1. The minimum absolute atomic E-state index is 0.303. The van der Waals surface area contributed by atoms with Gasteiger partial charge in [0.15, 0.2) is 0 Å². The molecule has 1 aromatic rings. The SMILES string of the molecule is CN1C(=O)OCc2cc(Br)c(N)cc21. The van der Waals surface area contributed by atoms with Crippen molar-refractivity contribution in [3.8, 4) is 0 Å². The molecule has 14 heavy (non-hydrogen) atoms. The van der Waals surface area contributed by atoms with E-state index >= 15 is 0 Å². The molecular weight excluding hydrogens is 248 g/mol. The molecule has 0 unspecified atom stereocenters. The predicted octanol–water partition coefficient (Wildman–Crippen LogP) is 2.12. The fraction of sp³-hybridized carbons (Fsp3) is 0.222. The van der Waals surface area contributed by atoms with Crippen LogP contribution >= 0.6 is 15.9 Å². The van der Waals surface area contributed by atoms with Crippen molar-refractivity contribution < 1.29 is 9.53 Å². The van der Waals surface area contributed by atoms with Crippen molar-refractivity contribution in [3.63, 3.8) is 0 Å². The number of rotatable bonds is 0. The van der Waals surface area contributed by atoms with Crippen molar-refractivity contribution in [3.05, 3.63) is 22.2 Å². The highest BCUT2D eigenvalue weighted by Gasteiger charge is 2.22. The van der Waals surface area contributed by atoms with Gasteiger partial charge in [-0.15, -0.1) is 0 Å². The van der Waals surface area contributed by atoms with E-state index in [0.29, 0.717) is 12.3 Å². The molecule has 0 radical (unpaired) electrons. The number of amides is 1. The van der Waals surface area contributed by atoms with Gasteiger partial charge in [0.2, 0.25) is 0 Å². The molecule has 1 amide bonds. The second-order valence-electron chi connectivity index (χ2n) is 3.12. The van der Waals surface area contributed by atoms with E-state index in [1.54, 1.807) is 13.1 Å². The van der Waals surface area contributed by atoms with Gasteiger partial charge >= 0.3 is 6.09 Å². The zero-order chi connectivity index (χ0) is 10.3. The van der Waals surface area contributed by atoms with E-state index in [1.807, 2.05) is 6.07 Å². The van der Waals surface area contributed by atoms with Crippen LogP contribution in [-0.2, 0) is 11.3 Å². The molecule has 1 heterocycles. The lowest BCUT2D eigenvalue weighted by Crippen LogP contribution is -2.31. The molecule has 74 valence electrons. The van der Waals surface area contributed by atoms with Crippen LogP contribution in [0.15, 0.2) is 16.6 Å². The topological polar surface area (TPSA) is 55.6 Å². The maximum Gasteiger partial charge on any atom is 0.414 e. The Kier molecular flexibility index (Phi) is 2.11. The summed E-state index contributed by atoms with van der Waals surface area (Å²) in [6.07, 6.45) is -0.348. The Morgan fingerprint density at radius 3 is 3.00 bits per heavy atom. The minimum Gasteiger partial charge on any atom is -0.444 e. The summed E-state index contributed by atoms with van der Waals surface area (Å²) in [5, 5.41) is 0. The van der Waals surface area contributed by atoms with Gasteiger partial charge in [-0.05, 0) is 28.1 Å². The van der Waals surface area contributed by atoms with Crippen molar-refractivity contribution in [1.82, 2.24) is 0 Å². The van der Waals surface area contributed by atoms with Gasteiger partial charge in [-0.2, -0.15) is 0 Å². The first-order chi connectivity index (χ1) is 6.59. The number of hydrogen-bond acceptors (Lipinski definition) is 3. The molecule has 0 saturated heterocycles. The fourth-order valence-corrected chi connectivity index (χ4v) is 1.77. The average molecular weight is 257 g/mol.